The van der Waals surface area contributed by atoms with Gasteiger partial charge >= 0.3 is 19.8 Å². The lowest BCUT2D eigenvalue weighted by Crippen LogP contribution is -2.29. The molecule has 0 aliphatic heterocycles. The summed E-state index contributed by atoms with van der Waals surface area (Å²) in [5.41, 5.74) is 5.35. The molecule has 0 rings (SSSR count). The van der Waals surface area contributed by atoms with Crippen LogP contribution in [0.15, 0.2) is 60.8 Å². The number of hydrogen-bond donors (Lipinski definition) is 3. The Hall–Kier alpha value is -2.33. The van der Waals surface area contributed by atoms with E-state index in [0.717, 1.165) is 44.9 Å². The van der Waals surface area contributed by atoms with Crippen molar-refractivity contribution in [3.05, 3.63) is 60.8 Å². The quantitative estimate of drug-likeness (QED) is 0.0177. The van der Waals surface area contributed by atoms with Crippen LogP contribution in [0.25, 0.3) is 0 Å². The van der Waals surface area contributed by atoms with E-state index in [0.29, 0.717) is 19.3 Å². The molecule has 0 aliphatic rings. The van der Waals surface area contributed by atoms with Crippen molar-refractivity contribution in [1.29, 1.82) is 0 Å². The molecule has 0 heterocycles. The topological polar surface area (TPSA) is 155 Å². The van der Waals surface area contributed by atoms with E-state index in [2.05, 4.69) is 50.3 Å². The number of ether oxygens (including phenoxy) is 2. The van der Waals surface area contributed by atoms with Gasteiger partial charge in [-0.3, -0.25) is 18.6 Å². The molecule has 0 radical (unpaired) electrons. The van der Waals surface area contributed by atoms with Crippen molar-refractivity contribution in [2.45, 2.75) is 212 Å². The molecule has 0 aromatic heterocycles. The molecule has 0 fully saturated rings. The lowest BCUT2D eigenvalue weighted by Gasteiger charge is -2.20. The van der Waals surface area contributed by atoms with Gasteiger partial charge in [-0.25, -0.2) is 4.57 Å². The number of rotatable bonds is 44. The van der Waals surface area contributed by atoms with Crippen molar-refractivity contribution in [2.24, 2.45) is 5.73 Å². The Morgan fingerprint density at radius 3 is 1.55 bits per heavy atom. The molecule has 0 aliphatic carbocycles. The smallest absolute Gasteiger partial charge is 0.462 e. The number of allylic oxidation sites excluding steroid dienone is 9. The van der Waals surface area contributed by atoms with Crippen LogP contribution in [-0.4, -0.2) is 60.5 Å². The number of nitrogens with two attached hydrogens (primary N) is 1. The molecule has 10 nitrogen and oxygen atoms in total. The fourth-order valence-corrected chi connectivity index (χ4v) is 7.25. The first kappa shape index (κ1) is 57.7. The third-order valence-corrected chi connectivity index (χ3v) is 11.0. The molecule has 0 saturated heterocycles. The maximum Gasteiger partial charge on any atom is 0.472 e. The van der Waals surface area contributed by atoms with E-state index in [9.17, 15) is 24.2 Å². The number of aliphatic hydroxyl groups is 1. The molecule has 2 unspecified atom stereocenters. The van der Waals surface area contributed by atoms with Crippen molar-refractivity contribution >= 4 is 19.8 Å². The Bertz CT molecular complexity index is 1190. The zero-order chi connectivity index (χ0) is 44.0. The number of unbranched alkanes of at least 4 members (excludes halogenated alkanes) is 20. The van der Waals surface area contributed by atoms with Crippen molar-refractivity contribution < 1.29 is 42.7 Å². The van der Waals surface area contributed by atoms with E-state index in [1.54, 1.807) is 12.2 Å². The summed E-state index contributed by atoms with van der Waals surface area (Å²) in [5, 5.41) is 10.3. The van der Waals surface area contributed by atoms with Gasteiger partial charge in [-0.2, -0.15) is 0 Å². The SMILES string of the molecule is CC/C=C\C/C=C\C/C=C\C/C=C\C=C\C(O)CCCC(=O)OC[C@H](COP(=O)(O)OCCN)OC(=O)CCCCCCCCCCCCCCCCCCCCCCC. The van der Waals surface area contributed by atoms with Gasteiger partial charge in [0.05, 0.1) is 19.3 Å². The second-order valence-corrected chi connectivity index (χ2v) is 17.3. The van der Waals surface area contributed by atoms with Gasteiger partial charge < -0.3 is 25.2 Å². The van der Waals surface area contributed by atoms with E-state index in [1.807, 2.05) is 12.2 Å². The van der Waals surface area contributed by atoms with Gasteiger partial charge in [-0.15, -0.1) is 0 Å². The normalized spacial score (nSPS) is 14.3. The number of carbonyl (C=O) groups excluding carboxylic acids is 2. The van der Waals surface area contributed by atoms with Gasteiger partial charge in [0, 0.05) is 19.4 Å². The molecule has 3 atom stereocenters. The number of hydrogen-bond acceptors (Lipinski definition) is 9. The Labute approximate surface area is 366 Å². The van der Waals surface area contributed by atoms with Crippen LogP contribution in [0.5, 0.6) is 0 Å². The summed E-state index contributed by atoms with van der Waals surface area (Å²) in [7, 11) is -4.43. The van der Waals surface area contributed by atoms with Crippen LogP contribution >= 0.6 is 7.82 Å². The average molecular weight is 866 g/mol. The maximum absolute atomic E-state index is 12.6. The third-order valence-electron chi connectivity index (χ3n) is 10.0. The third kappa shape index (κ3) is 43.7. The predicted molar refractivity (Wildman–Crippen MR) is 249 cm³/mol. The molecular weight excluding hydrogens is 778 g/mol. The van der Waals surface area contributed by atoms with Gasteiger partial charge in [-0.1, -0.05) is 203 Å². The van der Waals surface area contributed by atoms with Gasteiger partial charge in [0.25, 0.3) is 0 Å². The number of phosphoric ester groups is 1. The highest BCUT2D eigenvalue weighted by atomic mass is 31.2. The summed E-state index contributed by atoms with van der Waals surface area (Å²) in [4.78, 5) is 35.0. The summed E-state index contributed by atoms with van der Waals surface area (Å²) < 4.78 is 32.7. The van der Waals surface area contributed by atoms with Crippen LogP contribution < -0.4 is 5.73 Å². The van der Waals surface area contributed by atoms with Crippen LogP contribution in [0.4, 0.5) is 0 Å². The predicted octanol–water partition coefficient (Wildman–Crippen LogP) is 13.0. The monoisotopic (exact) mass is 866 g/mol. The van der Waals surface area contributed by atoms with E-state index < -0.39 is 38.6 Å². The van der Waals surface area contributed by atoms with Crippen LogP contribution in [0.2, 0.25) is 0 Å². The lowest BCUT2D eigenvalue weighted by molar-refractivity contribution is -0.161. The van der Waals surface area contributed by atoms with Crippen molar-refractivity contribution in [2.75, 3.05) is 26.4 Å². The van der Waals surface area contributed by atoms with Crippen LogP contribution in [0, 0.1) is 0 Å². The van der Waals surface area contributed by atoms with Crippen molar-refractivity contribution in [1.82, 2.24) is 0 Å². The maximum atomic E-state index is 12.6. The number of aliphatic hydroxyl groups excluding tert-OH is 1. The summed E-state index contributed by atoms with van der Waals surface area (Å²) in [6, 6.07) is 0. The van der Waals surface area contributed by atoms with E-state index >= 15 is 0 Å². The Kier molecular flexibility index (Phi) is 43.0. The lowest BCUT2D eigenvalue weighted by atomic mass is 10.0. The molecule has 11 heteroatoms. The summed E-state index contributed by atoms with van der Waals surface area (Å²) in [6.07, 6.45) is 50.1. The standard InChI is InChI=1S/C49H88NO9P/c1-3-5-7-9-11-13-15-17-18-19-20-21-22-23-24-26-28-30-32-34-36-40-49(53)59-47(45-58-60(54,55)57-43-42-50)44-56-48(52)41-37-39-46(51)38-35-33-31-29-27-25-16-14-12-10-8-6-4-2/h6,8,12,14,25,27,31,33,35,38,46-47,51H,3-5,7,9-11,13,15-24,26,28-30,32,34,36-37,39-45,50H2,1-2H3,(H,54,55)/b8-6-,14-12-,27-25-,33-31-,38-35+/t46?,47-/m1/s1. The molecule has 0 spiro atoms. The molecule has 0 aromatic carbocycles. The summed E-state index contributed by atoms with van der Waals surface area (Å²) in [5.74, 6) is -1.03. The zero-order valence-corrected chi connectivity index (χ0v) is 38.9. The molecule has 0 saturated carbocycles. The van der Waals surface area contributed by atoms with Crippen LogP contribution in [0.3, 0.4) is 0 Å². The molecule has 60 heavy (non-hydrogen) atoms. The fraction of sp³-hybridized carbons (Fsp3) is 0.755. The van der Waals surface area contributed by atoms with E-state index in [4.69, 9.17) is 24.3 Å². The van der Waals surface area contributed by atoms with Gasteiger partial charge in [-0.05, 0) is 44.9 Å². The Morgan fingerprint density at radius 1 is 0.583 bits per heavy atom. The first-order chi connectivity index (χ1) is 29.2. The van der Waals surface area contributed by atoms with E-state index in [1.165, 1.54) is 109 Å². The average Bonchev–Trinajstić information content (AvgIpc) is 3.23. The van der Waals surface area contributed by atoms with Crippen molar-refractivity contribution in [3.8, 4) is 0 Å². The summed E-state index contributed by atoms with van der Waals surface area (Å²) >= 11 is 0. The van der Waals surface area contributed by atoms with Gasteiger partial charge in [0.15, 0.2) is 6.10 Å². The minimum Gasteiger partial charge on any atom is -0.462 e. The van der Waals surface area contributed by atoms with Crippen LogP contribution in [-0.2, 0) is 32.7 Å². The first-order valence-electron chi connectivity index (χ1n) is 23.9. The van der Waals surface area contributed by atoms with Crippen molar-refractivity contribution in [3.63, 3.8) is 0 Å². The van der Waals surface area contributed by atoms with Crippen LogP contribution in [0.1, 0.15) is 200 Å². The highest BCUT2D eigenvalue weighted by Crippen LogP contribution is 2.43. The second-order valence-electron chi connectivity index (χ2n) is 15.8. The molecule has 0 aromatic rings. The zero-order valence-electron chi connectivity index (χ0n) is 38.0. The largest absolute Gasteiger partial charge is 0.472 e. The second kappa shape index (κ2) is 44.7. The van der Waals surface area contributed by atoms with E-state index in [-0.39, 0.29) is 32.6 Å². The Balaban J connectivity index is 4.23. The fourth-order valence-electron chi connectivity index (χ4n) is 6.49. The summed E-state index contributed by atoms with van der Waals surface area (Å²) in [6.45, 7) is 3.41. The minimum absolute atomic E-state index is 0.0262. The number of phosphoric acid groups is 1. The number of carbonyl (C=O) groups is 2. The molecular formula is C49H88NO9P. The minimum atomic E-state index is -4.43. The van der Waals surface area contributed by atoms with Gasteiger partial charge in [0.2, 0.25) is 0 Å². The first-order valence-corrected chi connectivity index (χ1v) is 25.4. The highest BCUT2D eigenvalue weighted by Gasteiger charge is 2.26. The molecule has 0 bridgehead atoms. The molecule has 348 valence electrons. The number of esters is 2. The Morgan fingerprint density at radius 2 is 1.05 bits per heavy atom. The molecule has 0 amide bonds. The molecule has 4 N–H and O–H groups in total. The highest BCUT2D eigenvalue weighted by molar-refractivity contribution is 7.47. The van der Waals surface area contributed by atoms with Gasteiger partial charge in [0.1, 0.15) is 6.61 Å².